The lowest BCUT2D eigenvalue weighted by Crippen LogP contribution is -2.07. The summed E-state index contributed by atoms with van der Waals surface area (Å²) in [5.41, 5.74) is 1.29. The molecule has 0 fully saturated rings. The van der Waals surface area contributed by atoms with Crippen LogP contribution in [0.1, 0.15) is 89.0 Å². The summed E-state index contributed by atoms with van der Waals surface area (Å²) in [5.74, 6) is 0.265. The summed E-state index contributed by atoms with van der Waals surface area (Å²) in [4.78, 5) is 0. The number of rotatable bonds is 14. The van der Waals surface area contributed by atoms with E-state index in [9.17, 15) is 8.42 Å². The van der Waals surface area contributed by atoms with E-state index >= 15 is 0 Å². The maximum Gasteiger partial charge on any atom is 0.264 e. The van der Waals surface area contributed by atoms with Crippen molar-refractivity contribution in [1.82, 2.24) is 0 Å². The molecule has 0 spiro atoms. The molecule has 1 N–H and O–H groups in total. The summed E-state index contributed by atoms with van der Waals surface area (Å²) in [7, 11) is -3.84. The summed E-state index contributed by atoms with van der Waals surface area (Å²) < 4.78 is 30.7. The van der Waals surface area contributed by atoms with Crippen LogP contribution in [0.3, 0.4) is 0 Å². The van der Waals surface area contributed by atoms with Crippen LogP contribution in [0, 0.1) is 0 Å². The molecule has 4 heteroatoms. The van der Waals surface area contributed by atoms with Gasteiger partial charge in [0.1, 0.15) is 0 Å². The van der Waals surface area contributed by atoms with Crippen molar-refractivity contribution in [2.45, 2.75) is 83.5 Å². The number of unbranched alkanes of at least 4 members (excludes halogenated alkanes) is 7. The van der Waals surface area contributed by atoms with E-state index in [-0.39, 0.29) is 5.75 Å². The van der Waals surface area contributed by atoms with E-state index in [1.54, 1.807) is 0 Å². The summed E-state index contributed by atoms with van der Waals surface area (Å²) in [5, 5.41) is 0. The van der Waals surface area contributed by atoms with Crippen molar-refractivity contribution in [3.05, 3.63) is 35.9 Å². The van der Waals surface area contributed by atoms with Crippen molar-refractivity contribution < 1.29 is 13.0 Å². The van der Waals surface area contributed by atoms with Gasteiger partial charge < -0.3 is 0 Å². The lowest BCUT2D eigenvalue weighted by molar-refractivity contribution is 0.472. The monoisotopic (exact) mass is 354 g/mol. The molecule has 0 saturated heterocycles. The van der Waals surface area contributed by atoms with Crippen LogP contribution in [0.15, 0.2) is 30.3 Å². The zero-order valence-corrected chi connectivity index (χ0v) is 15.9. The van der Waals surface area contributed by atoms with E-state index in [1.807, 2.05) is 18.2 Å². The first kappa shape index (κ1) is 21.2. The molecule has 0 aliphatic carbocycles. The van der Waals surface area contributed by atoms with E-state index in [4.69, 9.17) is 4.55 Å². The smallest absolute Gasteiger partial charge is 0.264 e. The van der Waals surface area contributed by atoms with E-state index in [0.29, 0.717) is 12.3 Å². The zero-order valence-electron chi connectivity index (χ0n) is 15.1. The Balaban J connectivity index is 2.31. The molecule has 0 saturated carbocycles. The van der Waals surface area contributed by atoms with Crippen molar-refractivity contribution in [2.24, 2.45) is 0 Å². The molecule has 138 valence electrons. The summed E-state index contributed by atoms with van der Waals surface area (Å²) in [6.45, 7) is 2.24. The Hall–Kier alpha value is -0.870. The molecule has 1 rings (SSSR count). The minimum atomic E-state index is -3.84. The third-order valence-corrected chi connectivity index (χ3v) is 5.44. The number of hydrogen-bond donors (Lipinski definition) is 1. The predicted octanol–water partition coefficient (Wildman–Crippen LogP) is 5.97. The minimum absolute atomic E-state index is 0.131. The van der Waals surface area contributed by atoms with Crippen LogP contribution in [-0.2, 0) is 10.1 Å². The van der Waals surface area contributed by atoms with E-state index in [2.05, 4.69) is 19.1 Å². The highest BCUT2D eigenvalue weighted by Gasteiger charge is 2.13. The third kappa shape index (κ3) is 10.8. The summed E-state index contributed by atoms with van der Waals surface area (Å²) >= 11 is 0. The highest BCUT2D eigenvalue weighted by molar-refractivity contribution is 7.85. The first-order valence-corrected chi connectivity index (χ1v) is 11.1. The minimum Gasteiger partial charge on any atom is -0.286 e. The molecule has 0 aliphatic rings. The second-order valence-corrected chi connectivity index (χ2v) is 8.37. The van der Waals surface area contributed by atoms with Crippen molar-refractivity contribution in [1.29, 1.82) is 0 Å². The van der Waals surface area contributed by atoms with Gasteiger partial charge in [-0.05, 0) is 30.7 Å². The fourth-order valence-corrected chi connectivity index (χ4v) is 3.77. The Morgan fingerprint density at radius 2 is 1.38 bits per heavy atom. The average molecular weight is 355 g/mol. The van der Waals surface area contributed by atoms with Gasteiger partial charge in [0, 0.05) is 0 Å². The number of hydrogen-bond acceptors (Lipinski definition) is 2. The Kier molecular flexibility index (Phi) is 11.0. The standard InChI is InChI=1S/C20H34O3S/c1-2-3-4-5-6-7-8-10-14-20(17-13-18-24(21,22)23)19-15-11-9-12-16-19/h9,11-12,15-16,20H,2-8,10,13-14,17-18H2,1H3,(H,21,22,23). The van der Waals surface area contributed by atoms with E-state index in [0.717, 1.165) is 12.8 Å². The van der Waals surface area contributed by atoms with E-state index < -0.39 is 10.1 Å². The molecule has 24 heavy (non-hydrogen) atoms. The molecule has 0 aliphatic heterocycles. The van der Waals surface area contributed by atoms with Gasteiger partial charge in [-0.3, -0.25) is 4.55 Å². The van der Waals surface area contributed by atoms with Gasteiger partial charge in [0.05, 0.1) is 5.75 Å². The first-order valence-electron chi connectivity index (χ1n) is 9.53. The van der Waals surface area contributed by atoms with Gasteiger partial charge in [-0.25, -0.2) is 0 Å². The Labute approximate surface area is 148 Å². The summed E-state index contributed by atoms with van der Waals surface area (Å²) in [6, 6.07) is 10.3. The van der Waals surface area contributed by atoms with Crippen molar-refractivity contribution >= 4 is 10.1 Å². The fraction of sp³-hybridized carbons (Fsp3) is 0.700. The molecule has 0 amide bonds. The highest BCUT2D eigenvalue weighted by atomic mass is 32.2. The molecule has 1 aromatic rings. The largest absolute Gasteiger partial charge is 0.286 e. The zero-order chi connectivity index (χ0) is 17.7. The molecule has 0 aromatic heterocycles. The van der Waals surface area contributed by atoms with Gasteiger partial charge in [0.25, 0.3) is 10.1 Å². The second-order valence-electron chi connectivity index (χ2n) is 6.80. The average Bonchev–Trinajstić information content (AvgIpc) is 2.55. The molecule has 1 atom stereocenters. The van der Waals surface area contributed by atoms with Crippen LogP contribution >= 0.6 is 0 Å². The van der Waals surface area contributed by atoms with Gasteiger partial charge in [-0.15, -0.1) is 0 Å². The van der Waals surface area contributed by atoms with E-state index in [1.165, 1.54) is 56.9 Å². The van der Waals surface area contributed by atoms with Crippen LogP contribution in [-0.4, -0.2) is 18.7 Å². The first-order chi connectivity index (χ1) is 11.5. The Morgan fingerprint density at radius 3 is 1.96 bits per heavy atom. The maximum absolute atomic E-state index is 10.9. The number of benzene rings is 1. The maximum atomic E-state index is 10.9. The van der Waals surface area contributed by atoms with Gasteiger partial charge in [-0.2, -0.15) is 8.42 Å². The SMILES string of the molecule is CCCCCCCCCCC(CCCS(=O)(=O)O)c1ccccc1. The van der Waals surface area contributed by atoms with Crippen LogP contribution in [0.4, 0.5) is 0 Å². The molecular formula is C20H34O3S. The molecule has 3 nitrogen and oxygen atoms in total. The Morgan fingerprint density at radius 1 is 0.833 bits per heavy atom. The molecule has 1 unspecified atom stereocenters. The summed E-state index contributed by atoms with van der Waals surface area (Å²) in [6.07, 6.45) is 12.9. The lowest BCUT2D eigenvalue weighted by atomic mass is 9.89. The molecular weight excluding hydrogens is 320 g/mol. The van der Waals surface area contributed by atoms with Crippen LogP contribution in [0.2, 0.25) is 0 Å². The third-order valence-electron chi connectivity index (χ3n) is 4.63. The quantitative estimate of drug-likeness (QED) is 0.331. The van der Waals surface area contributed by atoms with Crippen molar-refractivity contribution in [3.63, 3.8) is 0 Å². The van der Waals surface area contributed by atoms with Crippen LogP contribution < -0.4 is 0 Å². The second kappa shape index (κ2) is 12.5. The normalized spacial score (nSPS) is 13.1. The molecule has 0 bridgehead atoms. The predicted molar refractivity (Wildman–Crippen MR) is 102 cm³/mol. The molecule has 0 heterocycles. The fourth-order valence-electron chi connectivity index (χ4n) is 3.24. The van der Waals surface area contributed by atoms with Crippen molar-refractivity contribution in [3.8, 4) is 0 Å². The van der Waals surface area contributed by atoms with Crippen LogP contribution in [0.25, 0.3) is 0 Å². The van der Waals surface area contributed by atoms with Gasteiger partial charge in [0.15, 0.2) is 0 Å². The van der Waals surface area contributed by atoms with Gasteiger partial charge in [-0.1, -0.05) is 88.6 Å². The topological polar surface area (TPSA) is 54.4 Å². The lowest BCUT2D eigenvalue weighted by Gasteiger charge is -2.17. The van der Waals surface area contributed by atoms with Crippen molar-refractivity contribution in [2.75, 3.05) is 5.75 Å². The Bertz CT molecular complexity index is 511. The molecule has 1 aromatic carbocycles. The van der Waals surface area contributed by atoms with Gasteiger partial charge >= 0.3 is 0 Å². The molecule has 0 radical (unpaired) electrons. The van der Waals surface area contributed by atoms with Gasteiger partial charge in [0.2, 0.25) is 0 Å². The highest BCUT2D eigenvalue weighted by Crippen LogP contribution is 2.27. The van der Waals surface area contributed by atoms with Crippen LogP contribution in [0.5, 0.6) is 0 Å².